The summed E-state index contributed by atoms with van der Waals surface area (Å²) in [7, 11) is -2.08. The van der Waals surface area contributed by atoms with E-state index in [9.17, 15) is 13.2 Å². The molecule has 31 heavy (non-hydrogen) atoms. The molecule has 1 saturated heterocycles. The molecule has 0 atom stereocenters. The van der Waals surface area contributed by atoms with Crippen molar-refractivity contribution in [1.82, 2.24) is 9.29 Å². The molecule has 0 bridgehead atoms. The third kappa shape index (κ3) is 4.19. The van der Waals surface area contributed by atoms with Crippen LogP contribution in [0.25, 0.3) is 10.9 Å². The highest BCUT2D eigenvalue weighted by Crippen LogP contribution is 2.32. The molecule has 0 spiro atoms. The first-order valence-corrected chi connectivity index (χ1v) is 11.5. The summed E-state index contributed by atoms with van der Waals surface area (Å²) in [5, 5.41) is 3.70. The largest absolute Gasteiger partial charge is 0.497 e. The van der Waals surface area contributed by atoms with Gasteiger partial charge in [-0.3, -0.25) is 9.78 Å². The molecule has 1 amide bonds. The Morgan fingerprint density at radius 3 is 2.61 bits per heavy atom. The molecule has 1 aliphatic heterocycles. The van der Waals surface area contributed by atoms with Gasteiger partial charge in [0.05, 0.1) is 28.8 Å². The monoisotopic (exact) mass is 440 g/mol. The number of primary amides is 1. The van der Waals surface area contributed by atoms with Crippen LogP contribution in [0.5, 0.6) is 5.75 Å². The van der Waals surface area contributed by atoms with Gasteiger partial charge in [-0.25, -0.2) is 8.42 Å². The van der Waals surface area contributed by atoms with Crippen molar-refractivity contribution in [3.8, 4) is 5.75 Å². The number of carbonyl (C=O) groups is 1. The second kappa shape index (κ2) is 8.52. The summed E-state index contributed by atoms with van der Waals surface area (Å²) >= 11 is 0. The van der Waals surface area contributed by atoms with Crippen LogP contribution in [0.2, 0.25) is 0 Å². The maximum absolute atomic E-state index is 13.2. The summed E-state index contributed by atoms with van der Waals surface area (Å²) in [6.45, 7) is 1.02. The normalized spacial score (nSPS) is 15.0. The van der Waals surface area contributed by atoms with E-state index in [1.165, 1.54) is 10.5 Å². The topological polar surface area (TPSA) is 115 Å². The lowest BCUT2D eigenvalue weighted by atomic mass is 10.1. The Morgan fingerprint density at radius 2 is 1.90 bits per heavy atom. The molecule has 0 unspecified atom stereocenters. The van der Waals surface area contributed by atoms with Crippen molar-refractivity contribution in [1.29, 1.82) is 0 Å². The van der Waals surface area contributed by atoms with E-state index in [-0.39, 0.29) is 10.5 Å². The number of benzene rings is 2. The number of rotatable bonds is 6. The number of sulfonamides is 1. The molecule has 3 N–H and O–H groups in total. The molecular formula is C22H24N4O4S. The Bertz CT molecular complexity index is 1240. The molecule has 2 heterocycles. The number of hydrogen-bond acceptors (Lipinski definition) is 6. The van der Waals surface area contributed by atoms with E-state index in [1.807, 2.05) is 6.07 Å². The summed E-state index contributed by atoms with van der Waals surface area (Å²) in [6, 6.07) is 11.9. The molecule has 1 aliphatic rings. The smallest absolute Gasteiger partial charge is 0.252 e. The maximum atomic E-state index is 13.2. The summed E-state index contributed by atoms with van der Waals surface area (Å²) in [5.41, 5.74) is 7.37. The fourth-order valence-electron chi connectivity index (χ4n) is 3.75. The van der Waals surface area contributed by atoms with Gasteiger partial charge in [0.2, 0.25) is 10.0 Å². The van der Waals surface area contributed by atoms with Gasteiger partial charge in [0.25, 0.3) is 5.91 Å². The average Bonchev–Trinajstić information content (AvgIpc) is 2.79. The van der Waals surface area contributed by atoms with Gasteiger partial charge < -0.3 is 15.8 Å². The third-order valence-corrected chi connectivity index (χ3v) is 7.29. The van der Waals surface area contributed by atoms with Crippen LogP contribution < -0.4 is 15.8 Å². The Labute approximate surface area is 181 Å². The summed E-state index contributed by atoms with van der Waals surface area (Å²) < 4.78 is 33.1. The zero-order valence-corrected chi connectivity index (χ0v) is 18.0. The minimum Gasteiger partial charge on any atom is -0.497 e. The quantitative estimate of drug-likeness (QED) is 0.608. The Kier molecular flexibility index (Phi) is 5.79. The average molecular weight is 441 g/mol. The minimum absolute atomic E-state index is 0.166. The number of carbonyl (C=O) groups excluding carboxylic acids is 1. The first kappa shape index (κ1) is 21.1. The van der Waals surface area contributed by atoms with Crippen molar-refractivity contribution < 1.29 is 17.9 Å². The van der Waals surface area contributed by atoms with Crippen molar-refractivity contribution in [2.75, 3.05) is 25.5 Å². The summed E-state index contributed by atoms with van der Waals surface area (Å²) in [5.74, 6) is -0.0264. The number of piperidine rings is 1. The van der Waals surface area contributed by atoms with Crippen LogP contribution >= 0.6 is 0 Å². The first-order chi connectivity index (χ1) is 14.9. The number of hydrogen-bond donors (Lipinski definition) is 2. The highest BCUT2D eigenvalue weighted by Gasteiger charge is 2.27. The van der Waals surface area contributed by atoms with Gasteiger partial charge in [-0.1, -0.05) is 12.5 Å². The van der Waals surface area contributed by atoms with E-state index in [0.29, 0.717) is 41.1 Å². The number of nitrogens with two attached hydrogens (primary N) is 1. The molecule has 4 rings (SSSR count). The molecule has 3 aromatic rings. The van der Waals surface area contributed by atoms with Crippen LogP contribution in [0.15, 0.2) is 53.6 Å². The molecule has 0 radical (unpaired) electrons. The second-order valence-electron chi connectivity index (χ2n) is 7.41. The van der Waals surface area contributed by atoms with Crippen molar-refractivity contribution in [2.45, 2.75) is 24.2 Å². The maximum Gasteiger partial charge on any atom is 0.252 e. The molecule has 1 fully saturated rings. The second-order valence-corrected chi connectivity index (χ2v) is 9.35. The first-order valence-electron chi connectivity index (χ1n) is 10.0. The lowest BCUT2D eigenvalue weighted by Gasteiger charge is -2.26. The molecular weight excluding hydrogens is 416 g/mol. The van der Waals surface area contributed by atoms with Crippen LogP contribution in [-0.2, 0) is 10.0 Å². The van der Waals surface area contributed by atoms with Crippen LogP contribution in [0.3, 0.4) is 0 Å². The number of ether oxygens (including phenoxy) is 1. The lowest BCUT2D eigenvalue weighted by molar-refractivity contribution is 0.100. The van der Waals surface area contributed by atoms with Gasteiger partial charge >= 0.3 is 0 Å². The molecule has 0 saturated carbocycles. The Morgan fingerprint density at radius 1 is 1.13 bits per heavy atom. The highest BCUT2D eigenvalue weighted by molar-refractivity contribution is 7.89. The lowest BCUT2D eigenvalue weighted by Crippen LogP contribution is -2.35. The number of nitrogens with one attached hydrogen (secondary N) is 1. The molecule has 162 valence electrons. The number of pyridine rings is 1. The third-order valence-electron chi connectivity index (χ3n) is 5.40. The van der Waals surface area contributed by atoms with Crippen LogP contribution in [-0.4, -0.2) is 43.8 Å². The van der Waals surface area contributed by atoms with E-state index in [2.05, 4.69) is 10.3 Å². The zero-order valence-electron chi connectivity index (χ0n) is 17.2. The minimum atomic E-state index is -3.65. The van der Waals surface area contributed by atoms with Crippen molar-refractivity contribution in [3.05, 3.63) is 54.2 Å². The van der Waals surface area contributed by atoms with Crippen molar-refractivity contribution >= 4 is 38.2 Å². The number of anilines is 2. The van der Waals surface area contributed by atoms with E-state index >= 15 is 0 Å². The van der Waals surface area contributed by atoms with Crippen molar-refractivity contribution in [2.24, 2.45) is 5.73 Å². The number of methoxy groups -OCH3 is 1. The number of aromatic nitrogens is 1. The van der Waals surface area contributed by atoms with Crippen LogP contribution in [0.1, 0.15) is 29.6 Å². The SMILES string of the molecule is COc1cccc(Nc2c(C(N)=O)cnc3ccc(S(=O)(=O)N4CCCCC4)cc23)c1. The fraction of sp³-hybridized carbons (Fsp3) is 0.273. The molecule has 0 aliphatic carbocycles. The standard InChI is InChI=1S/C22H24N4O4S/c1-30-16-7-5-6-15(12-16)25-21-18-13-17(31(28,29)26-10-3-2-4-11-26)8-9-20(18)24-14-19(21)22(23)27/h5-9,12-14H,2-4,10-11H2,1H3,(H2,23,27)(H,24,25). The van der Waals surface area contributed by atoms with Crippen LogP contribution in [0, 0.1) is 0 Å². The zero-order chi connectivity index (χ0) is 22.0. The van der Waals surface area contributed by atoms with E-state index in [1.54, 1.807) is 43.5 Å². The van der Waals surface area contributed by atoms with Crippen LogP contribution in [0.4, 0.5) is 11.4 Å². The highest BCUT2D eigenvalue weighted by atomic mass is 32.2. The van der Waals surface area contributed by atoms with Gasteiger partial charge in [-0.05, 0) is 43.2 Å². The van der Waals surface area contributed by atoms with E-state index < -0.39 is 15.9 Å². The Hall–Kier alpha value is -3.17. The Balaban J connectivity index is 1.85. The number of fused-ring (bicyclic) bond motifs is 1. The van der Waals surface area contributed by atoms with Crippen molar-refractivity contribution in [3.63, 3.8) is 0 Å². The molecule has 1 aromatic heterocycles. The van der Waals surface area contributed by atoms with E-state index in [0.717, 1.165) is 19.3 Å². The van der Waals surface area contributed by atoms with Gasteiger partial charge in [-0.2, -0.15) is 4.31 Å². The predicted molar refractivity (Wildman–Crippen MR) is 119 cm³/mol. The molecule has 2 aromatic carbocycles. The predicted octanol–water partition coefficient (Wildman–Crippen LogP) is 3.26. The molecule has 9 heteroatoms. The molecule has 8 nitrogen and oxygen atoms in total. The summed E-state index contributed by atoms with van der Waals surface area (Å²) in [6.07, 6.45) is 4.13. The summed E-state index contributed by atoms with van der Waals surface area (Å²) in [4.78, 5) is 16.6. The van der Waals surface area contributed by atoms with Gasteiger partial charge in [0.15, 0.2) is 0 Å². The van der Waals surface area contributed by atoms with Gasteiger partial charge in [-0.15, -0.1) is 0 Å². The van der Waals surface area contributed by atoms with Gasteiger partial charge in [0.1, 0.15) is 5.75 Å². The fourth-order valence-corrected chi connectivity index (χ4v) is 5.30. The number of amides is 1. The van der Waals surface area contributed by atoms with E-state index in [4.69, 9.17) is 10.5 Å². The van der Waals surface area contributed by atoms with Gasteiger partial charge in [0, 0.05) is 36.4 Å². The number of nitrogens with zero attached hydrogens (tertiary/aromatic N) is 2.